The standard InChI is InChI=1S/C11H8Cl2N4O/c12-7-1-3-8(4-2-7)14-11(18)15-10-6-5-9(13)16-17-10/h1-6H,(H2,14,15,17,18). The molecule has 0 aliphatic carbocycles. The van der Waals surface area contributed by atoms with E-state index in [-0.39, 0.29) is 5.15 Å². The first-order valence-electron chi connectivity index (χ1n) is 4.96. The lowest BCUT2D eigenvalue weighted by Gasteiger charge is -2.06. The molecule has 0 aliphatic rings. The predicted octanol–water partition coefficient (Wildman–Crippen LogP) is 3.43. The van der Waals surface area contributed by atoms with Gasteiger partial charge in [0.2, 0.25) is 0 Å². The molecule has 0 saturated carbocycles. The molecule has 1 aromatic heterocycles. The number of benzene rings is 1. The predicted molar refractivity (Wildman–Crippen MR) is 71.1 cm³/mol. The number of nitrogens with zero attached hydrogens (tertiary/aromatic N) is 2. The summed E-state index contributed by atoms with van der Waals surface area (Å²) in [6, 6.07) is 9.40. The molecular formula is C11H8Cl2N4O. The number of aromatic nitrogens is 2. The highest BCUT2D eigenvalue weighted by molar-refractivity contribution is 6.30. The summed E-state index contributed by atoms with van der Waals surface area (Å²) in [5.74, 6) is 0.311. The summed E-state index contributed by atoms with van der Waals surface area (Å²) in [5.41, 5.74) is 0.624. The molecule has 0 atom stereocenters. The van der Waals surface area contributed by atoms with E-state index in [0.717, 1.165) is 0 Å². The van der Waals surface area contributed by atoms with Crippen LogP contribution in [0.3, 0.4) is 0 Å². The second-order valence-electron chi connectivity index (χ2n) is 3.33. The summed E-state index contributed by atoms with van der Waals surface area (Å²) in [5, 5.41) is 13.3. The van der Waals surface area contributed by atoms with Crippen LogP contribution >= 0.6 is 23.2 Å². The van der Waals surface area contributed by atoms with Crippen LogP contribution in [-0.4, -0.2) is 16.2 Å². The molecule has 0 saturated heterocycles. The lowest BCUT2D eigenvalue weighted by atomic mass is 10.3. The van der Waals surface area contributed by atoms with E-state index in [1.807, 2.05) is 0 Å². The Bertz CT molecular complexity index is 492. The second kappa shape index (κ2) is 5.66. The zero-order valence-corrected chi connectivity index (χ0v) is 10.5. The lowest BCUT2D eigenvalue weighted by molar-refractivity contribution is 0.262. The van der Waals surface area contributed by atoms with Crippen LogP contribution < -0.4 is 10.6 Å². The minimum atomic E-state index is -0.422. The topological polar surface area (TPSA) is 66.9 Å². The molecule has 0 radical (unpaired) electrons. The third-order valence-electron chi connectivity index (χ3n) is 1.98. The molecule has 2 amide bonds. The number of urea groups is 1. The van der Waals surface area contributed by atoms with E-state index in [1.54, 1.807) is 30.3 Å². The first-order valence-corrected chi connectivity index (χ1v) is 5.72. The minimum Gasteiger partial charge on any atom is -0.308 e. The highest BCUT2D eigenvalue weighted by Gasteiger charge is 2.03. The molecule has 92 valence electrons. The number of carbonyl (C=O) groups is 1. The molecule has 7 heteroatoms. The molecule has 2 N–H and O–H groups in total. The van der Waals surface area contributed by atoms with Gasteiger partial charge in [-0.25, -0.2) is 4.79 Å². The zero-order chi connectivity index (χ0) is 13.0. The van der Waals surface area contributed by atoms with Crippen molar-refractivity contribution in [1.82, 2.24) is 10.2 Å². The van der Waals surface area contributed by atoms with Gasteiger partial charge in [-0.05, 0) is 36.4 Å². The molecular weight excluding hydrogens is 275 g/mol. The third-order valence-corrected chi connectivity index (χ3v) is 2.43. The van der Waals surface area contributed by atoms with Crippen molar-refractivity contribution >= 4 is 40.7 Å². The van der Waals surface area contributed by atoms with Crippen molar-refractivity contribution in [2.75, 3.05) is 10.6 Å². The Hall–Kier alpha value is -1.85. The molecule has 0 bridgehead atoms. The van der Waals surface area contributed by atoms with Gasteiger partial charge in [-0.2, -0.15) is 0 Å². The van der Waals surface area contributed by atoms with Crippen molar-refractivity contribution in [2.45, 2.75) is 0 Å². The average Bonchev–Trinajstić information content (AvgIpc) is 2.35. The summed E-state index contributed by atoms with van der Waals surface area (Å²) in [6.07, 6.45) is 0. The third kappa shape index (κ3) is 3.58. The molecule has 0 spiro atoms. The fraction of sp³-hybridized carbons (Fsp3) is 0. The Morgan fingerprint density at radius 1 is 0.944 bits per heavy atom. The van der Waals surface area contributed by atoms with Crippen molar-refractivity contribution in [1.29, 1.82) is 0 Å². The van der Waals surface area contributed by atoms with Crippen LogP contribution in [0, 0.1) is 0 Å². The van der Waals surface area contributed by atoms with Crippen LogP contribution in [0.1, 0.15) is 0 Å². The number of nitrogens with one attached hydrogen (secondary N) is 2. The molecule has 0 fully saturated rings. The van der Waals surface area contributed by atoms with E-state index >= 15 is 0 Å². The van der Waals surface area contributed by atoms with E-state index in [4.69, 9.17) is 23.2 Å². The Kier molecular flexibility index (Phi) is 3.96. The number of halogens is 2. The Labute approximate surface area is 113 Å². The first kappa shape index (κ1) is 12.6. The van der Waals surface area contributed by atoms with E-state index in [2.05, 4.69) is 20.8 Å². The van der Waals surface area contributed by atoms with Gasteiger partial charge in [0.25, 0.3) is 0 Å². The van der Waals surface area contributed by atoms with Crippen LogP contribution in [0.4, 0.5) is 16.3 Å². The fourth-order valence-corrected chi connectivity index (χ4v) is 1.42. The van der Waals surface area contributed by atoms with Gasteiger partial charge in [0.05, 0.1) is 0 Å². The molecule has 2 rings (SSSR count). The quantitative estimate of drug-likeness (QED) is 0.887. The van der Waals surface area contributed by atoms with Crippen LogP contribution in [0.5, 0.6) is 0 Å². The van der Waals surface area contributed by atoms with Gasteiger partial charge in [0.15, 0.2) is 11.0 Å². The van der Waals surface area contributed by atoms with Crippen molar-refractivity contribution in [3.05, 3.63) is 46.6 Å². The SMILES string of the molecule is O=C(Nc1ccc(Cl)cc1)Nc1ccc(Cl)nn1. The monoisotopic (exact) mass is 282 g/mol. The Balaban J connectivity index is 1.96. The van der Waals surface area contributed by atoms with Gasteiger partial charge < -0.3 is 5.32 Å². The highest BCUT2D eigenvalue weighted by Crippen LogP contribution is 2.13. The maximum absolute atomic E-state index is 11.6. The molecule has 1 heterocycles. The van der Waals surface area contributed by atoms with Gasteiger partial charge in [-0.1, -0.05) is 23.2 Å². The summed E-state index contributed by atoms with van der Waals surface area (Å²) in [6.45, 7) is 0. The zero-order valence-electron chi connectivity index (χ0n) is 9.02. The van der Waals surface area contributed by atoms with Gasteiger partial charge in [-0.3, -0.25) is 5.32 Å². The Morgan fingerprint density at radius 3 is 2.28 bits per heavy atom. The average molecular weight is 283 g/mol. The van der Waals surface area contributed by atoms with Crippen LogP contribution in [0.15, 0.2) is 36.4 Å². The maximum atomic E-state index is 11.6. The summed E-state index contributed by atoms with van der Waals surface area (Å²) in [4.78, 5) is 11.6. The smallest absolute Gasteiger partial charge is 0.308 e. The lowest BCUT2D eigenvalue weighted by Crippen LogP contribution is -2.20. The minimum absolute atomic E-state index is 0.263. The van der Waals surface area contributed by atoms with Crippen LogP contribution in [-0.2, 0) is 0 Å². The van der Waals surface area contributed by atoms with Crippen LogP contribution in [0.25, 0.3) is 0 Å². The number of carbonyl (C=O) groups excluding carboxylic acids is 1. The summed E-state index contributed by atoms with van der Waals surface area (Å²) < 4.78 is 0. The van der Waals surface area contributed by atoms with E-state index < -0.39 is 6.03 Å². The molecule has 18 heavy (non-hydrogen) atoms. The molecule has 0 unspecified atom stereocenters. The van der Waals surface area contributed by atoms with Gasteiger partial charge in [0.1, 0.15) is 0 Å². The number of amides is 2. The summed E-state index contributed by atoms with van der Waals surface area (Å²) >= 11 is 11.3. The van der Waals surface area contributed by atoms with Crippen molar-refractivity contribution in [2.24, 2.45) is 0 Å². The number of rotatable bonds is 2. The molecule has 1 aromatic carbocycles. The van der Waals surface area contributed by atoms with E-state index in [9.17, 15) is 4.79 Å². The number of hydrogen-bond acceptors (Lipinski definition) is 3. The molecule has 2 aromatic rings. The van der Waals surface area contributed by atoms with Gasteiger partial charge in [0, 0.05) is 10.7 Å². The summed E-state index contributed by atoms with van der Waals surface area (Å²) in [7, 11) is 0. The molecule has 5 nitrogen and oxygen atoms in total. The van der Waals surface area contributed by atoms with Crippen molar-refractivity contribution in [3.8, 4) is 0 Å². The van der Waals surface area contributed by atoms with E-state index in [0.29, 0.717) is 16.5 Å². The molecule has 0 aliphatic heterocycles. The number of hydrogen-bond donors (Lipinski definition) is 2. The first-order chi connectivity index (χ1) is 8.63. The second-order valence-corrected chi connectivity index (χ2v) is 4.15. The normalized spacial score (nSPS) is 9.89. The van der Waals surface area contributed by atoms with Gasteiger partial charge in [-0.15, -0.1) is 10.2 Å². The van der Waals surface area contributed by atoms with Crippen molar-refractivity contribution in [3.63, 3.8) is 0 Å². The Morgan fingerprint density at radius 2 is 1.67 bits per heavy atom. The highest BCUT2D eigenvalue weighted by atomic mass is 35.5. The largest absolute Gasteiger partial charge is 0.324 e. The fourth-order valence-electron chi connectivity index (χ4n) is 1.19. The van der Waals surface area contributed by atoms with Crippen molar-refractivity contribution < 1.29 is 4.79 Å². The van der Waals surface area contributed by atoms with Gasteiger partial charge >= 0.3 is 6.03 Å². The maximum Gasteiger partial charge on any atom is 0.324 e. The van der Waals surface area contributed by atoms with E-state index in [1.165, 1.54) is 6.07 Å². The number of anilines is 2. The van der Waals surface area contributed by atoms with Crippen LogP contribution in [0.2, 0.25) is 10.2 Å².